The number of nitrogens with one attached hydrogen (secondary N) is 2. The van der Waals surface area contributed by atoms with Crippen LogP contribution in [-0.2, 0) is 0 Å². The predicted octanol–water partition coefficient (Wildman–Crippen LogP) is 4.09. The van der Waals surface area contributed by atoms with Crippen molar-refractivity contribution in [1.82, 2.24) is 5.43 Å². The van der Waals surface area contributed by atoms with E-state index in [4.69, 9.17) is 17.0 Å². The van der Waals surface area contributed by atoms with Gasteiger partial charge in [-0.25, -0.2) is 0 Å². The Balaban J connectivity index is 1.97. The van der Waals surface area contributed by atoms with Crippen LogP contribution in [0.5, 0.6) is 5.75 Å². The second kappa shape index (κ2) is 7.91. The van der Waals surface area contributed by atoms with E-state index in [9.17, 15) is 0 Å². The molecule has 2 aromatic rings. The summed E-state index contributed by atoms with van der Waals surface area (Å²) in [6.07, 6.45) is 1.66. The average Bonchev–Trinajstić information content (AvgIpc) is 2.47. The SMILES string of the molecule is COc1ccc(Br)cc1/C=N\NC(=S)Nc1cccc(C)c1. The molecule has 0 amide bonds. The van der Waals surface area contributed by atoms with Crippen LogP contribution in [0.1, 0.15) is 11.1 Å². The van der Waals surface area contributed by atoms with E-state index in [1.807, 2.05) is 49.4 Å². The summed E-state index contributed by atoms with van der Waals surface area (Å²) in [6.45, 7) is 2.03. The maximum absolute atomic E-state index is 5.28. The number of thiocarbonyl (C=S) groups is 1. The first-order chi connectivity index (χ1) is 10.6. The predicted molar refractivity (Wildman–Crippen MR) is 98.8 cm³/mol. The molecule has 0 aromatic heterocycles. The monoisotopic (exact) mass is 377 g/mol. The lowest BCUT2D eigenvalue weighted by molar-refractivity contribution is 0.414. The van der Waals surface area contributed by atoms with Crippen molar-refractivity contribution in [1.29, 1.82) is 0 Å². The Labute approximate surface area is 143 Å². The van der Waals surface area contributed by atoms with Gasteiger partial charge in [-0.05, 0) is 55.0 Å². The molecule has 0 aliphatic heterocycles. The van der Waals surface area contributed by atoms with Gasteiger partial charge >= 0.3 is 0 Å². The molecule has 4 nitrogen and oxygen atoms in total. The zero-order valence-corrected chi connectivity index (χ0v) is 14.7. The van der Waals surface area contributed by atoms with Crippen molar-refractivity contribution in [3.63, 3.8) is 0 Å². The molecule has 0 radical (unpaired) electrons. The summed E-state index contributed by atoms with van der Waals surface area (Å²) in [5.74, 6) is 0.742. The highest BCUT2D eigenvalue weighted by atomic mass is 79.9. The van der Waals surface area contributed by atoms with Gasteiger partial charge in [0.25, 0.3) is 0 Å². The van der Waals surface area contributed by atoms with Crippen LogP contribution in [-0.4, -0.2) is 18.4 Å². The van der Waals surface area contributed by atoms with Crippen molar-refractivity contribution >= 4 is 45.2 Å². The fraction of sp³-hybridized carbons (Fsp3) is 0.125. The molecule has 2 aromatic carbocycles. The molecule has 6 heteroatoms. The molecule has 0 saturated heterocycles. The number of ether oxygens (including phenoxy) is 1. The zero-order chi connectivity index (χ0) is 15.9. The number of methoxy groups -OCH3 is 1. The lowest BCUT2D eigenvalue weighted by Crippen LogP contribution is -2.23. The van der Waals surface area contributed by atoms with Crippen molar-refractivity contribution in [2.45, 2.75) is 6.92 Å². The Morgan fingerprint density at radius 2 is 2.09 bits per heavy atom. The van der Waals surface area contributed by atoms with E-state index < -0.39 is 0 Å². The number of benzene rings is 2. The summed E-state index contributed by atoms with van der Waals surface area (Å²) in [5, 5.41) is 7.63. The van der Waals surface area contributed by atoms with E-state index >= 15 is 0 Å². The van der Waals surface area contributed by atoms with Gasteiger partial charge in [-0.2, -0.15) is 5.10 Å². The molecule has 0 aliphatic rings. The lowest BCUT2D eigenvalue weighted by Gasteiger charge is -2.08. The highest BCUT2D eigenvalue weighted by molar-refractivity contribution is 9.10. The molecule has 2 rings (SSSR count). The number of hydrogen-bond acceptors (Lipinski definition) is 3. The molecular weight excluding hydrogens is 362 g/mol. The van der Waals surface area contributed by atoms with Gasteiger partial charge in [0.15, 0.2) is 5.11 Å². The molecule has 0 saturated carbocycles. The lowest BCUT2D eigenvalue weighted by atomic mass is 10.2. The molecule has 0 aliphatic carbocycles. The second-order valence-electron chi connectivity index (χ2n) is 4.58. The van der Waals surface area contributed by atoms with Gasteiger partial charge in [-0.1, -0.05) is 28.1 Å². The standard InChI is InChI=1S/C16H16BrN3OS/c1-11-4-3-5-14(8-11)19-16(22)20-18-10-12-9-13(17)6-7-15(12)21-2/h3-10H,1-2H3,(H2,19,20,22)/b18-10-. The Hall–Kier alpha value is -1.92. The van der Waals surface area contributed by atoms with Gasteiger partial charge in [-0.3, -0.25) is 5.43 Å². The molecule has 0 spiro atoms. The van der Waals surface area contributed by atoms with E-state index in [-0.39, 0.29) is 0 Å². The quantitative estimate of drug-likeness (QED) is 0.478. The summed E-state index contributed by atoms with van der Waals surface area (Å²) in [6, 6.07) is 13.6. The summed E-state index contributed by atoms with van der Waals surface area (Å²) in [7, 11) is 1.62. The number of hydrogen-bond donors (Lipinski definition) is 2. The van der Waals surface area contributed by atoms with E-state index in [0.717, 1.165) is 27.0 Å². The minimum absolute atomic E-state index is 0.427. The first-order valence-corrected chi connectivity index (χ1v) is 7.79. The van der Waals surface area contributed by atoms with Crippen LogP contribution >= 0.6 is 28.1 Å². The first-order valence-electron chi connectivity index (χ1n) is 6.59. The molecule has 0 atom stereocenters. The molecule has 0 heterocycles. The Bertz CT molecular complexity index is 704. The van der Waals surface area contributed by atoms with Gasteiger partial charge in [0.1, 0.15) is 5.75 Å². The highest BCUT2D eigenvalue weighted by Crippen LogP contribution is 2.21. The van der Waals surface area contributed by atoms with Crippen LogP contribution in [0.3, 0.4) is 0 Å². The molecule has 0 fully saturated rings. The van der Waals surface area contributed by atoms with Gasteiger partial charge in [0, 0.05) is 15.7 Å². The number of rotatable bonds is 4. The van der Waals surface area contributed by atoms with Crippen LogP contribution in [0.4, 0.5) is 5.69 Å². The first kappa shape index (κ1) is 16.5. The van der Waals surface area contributed by atoms with Crippen molar-refractivity contribution in [3.8, 4) is 5.75 Å². The van der Waals surface area contributed by atoms with Gasteiger partial charge in [0.05, 0.1) is 13.3 Å². The maximum Gasteiger partial charge on any atom is 0.191 e. The van der Waals surface area contributed by atoms with E-state index in [1.54, 1.807) is 13.3 Å². The van der Waals surface area contributed by atoms with Crippen molar-refractivity contribution in [2.75, 3.05) is 12.4 Å². The fourth-order valence-electron chi connectivity index (χ4n) is 1.85. The normalized spacial score (nSPS) is 10.5. The Kier molecular flexibility index (Phi) is 5.91. The van der Waals surface area contributed by atoms with Crippen LogP contribution in [0.2, 0.25) is 0 Å². The van der Waals surface area contributed by atoms with E-state index in [0.29, 0.717) is 5.11 Å². The Morgan fingerprint density at radius 3 is 2.82 bits per heavy atom. The van der Waals surface area contributed by atoms with E-state index in [2.05, 4.69) is 31.8 Å². The summed E-state index contributed by atoms with van der Waals surface area (Å²) in [4.78, 5) is 0. The largest absolute Gasteiger partial charge is 0.496 e. The summed E-state index contributed by atoms with van der Waals surface area (Å²) >= 11 is 8.63. The zero-order valence-electron chi connectivity index (χ0n) is 12.3. The Morgan fingerprint density at radius 1 is 1.27 bits per heavy atom. The molecule has 22 heavy (non-hydrogen) atoms. The number of nitrogens with zero attached hydrogens (tertiary/aromatic N) is 1. The molecule has 0 unspecified atom stereocenters. The van der Waals surface area contributed by atoms with Crippen molar-refractivity contribution < 1.29 is 4.74 Å². The summed E-state index contributed by atoms with van der Waals surface area (Å²) < 4.78 is 6.23. The maximum atomic E-state index is 5.28. The molecular formula is C16H16BrN3OS. The topological polar surface area (TPSA) is 45.6 Å². The van der Waals surface area contributed by atoms with E-state index in [1.165, 1.54) is 0 Å². The number of halogens is 1. The number of aryl methyl sites for hydroxylation is 1. The molecule has 114 valence electrons. The van der Waals surface area contributed by atoms with Crippen LogP contribution in [0.15, 0.2) is 52.0 Å². The van der Waals surface area contributed by atoms with Gasteiger partial charge < -0.3 is 10.1 Å². The highest BCUT2D eigenvalue weighted by Gasteiger charge is 2.01. The van der Waals surface area contributed by atoms with Crippen LogP contribution in [0.25, 0.3) is 0 Å². The third-order valence-electron chi connectivity index (χ3n) is 2.84. The van der Waals surface area contributed by atoms with Gasteiger partial charge in [-0.15, -0.1) is 0 Å². The number of hydrazone groups is 1. The van der Waals surface area contributed by atoms with Crippen LogP contribution in [0, 0.1) is 6.92 Å². The second-order valence-corrected chi connectivity index (χ2v) is 5.90. The third kappa shape index (κ3) is 4.82. The van der Waals surface area contributed by atoms with Crippen LogP contribution < -0.4 is 15.5 Å². The third-order valence-corrected chi connectivity index (χ3v) is 3.52. The average molecular weight is 378 g/mol. The molecule has 0 bridgehead atoms. The summed E-state index contributed by atoms with van der Waals surface area (Å²) in [5.41, 5.74) is 5.72. The smallest absolute Gasteiger partial charge is 0.191 e. The van der Waals surface area contributed by atoms with Crippen molar-refractivity contribution in [3.05, 3.63) is 58.1 Å². The fourth-order valence-corrected chi connectivity index (χ4v) is 2.40. The van der Waals surface area contributed by atoms with Gasteiger partial charge in [0.2, 0.25) is 0 Å². The minimum Gasteiger partial charge on any atom is -0.496 e. The number of anilines is 1. The molecule has 2 N–H and O–H groups in total. The minimum atomic E-state index is 0.427. The van der Waals surface area contributed by atoms with Crippen molar-refractivity contribution in [2.24, 2.45) is 5.10 Å².